The molecule has 1 amide bonds. The minimum atomic E-state index is -0.833. The molecule has 0 aromatic heterocycles. The Bertz CT molecular complexity index is 117. The van der Waals surface area contributed by atoms with E-state index in [1.54, 1.807) is 12.6 Å². The van der Waals surface area contributed by atoms with Crippen LogP contribution in [0.2, 0.25) is 0 Å². The van der Waals surface area contributed by atoms with Crippen LogP contribution in [0, 0.1) is 0 Å². The highest BCUT2D eigenvalue weighted by molar-refractivity contribution is 5.72. The van der Waals surface area contributed by atoms with E-state index in [-0.39, 0.29) is 13.3 Å². The molecule has 0 aliphatic heterocycles. The molecule has 0 aromatic carbocycles. The summed E-state index contributed by atoms with van der Waals surface area (Å²) in [6.45, 7) is 2.56. The fourth-order valence-corrected chi connectivity index (χ4v) is 0. The normalized spacial score (nSPS) is 5.53. The standard InChI is InChI=1S/C3H7NO.C2H4O2.CH5N.CH4.H5N3/c1-3(5)4-2;1-2(3)4;1-2;;1-3-2/h1-2H3,(H,4,5);1H3,(H,3,4);2H2,1H3;1H4;3H,1-2H2. The predicted octanol–water partition coefficient (Wildman–Crippen LogP) is -1.62. The molecular formula is C7H25N5O3. The first-order valence-electron chi connectivity index (χ1n) is 3.54. The lowest BCUT2D eigenvalue weighted by Crippen LogP contribution is -2.29. The molecular weight excluding hydrogens is 202 g/mol. The number of rotatable bonds is 0. The Morgan fingerprint density at radius 3 is 1.20 bits per heavy atom. The highest BCUT2D eigenvalue weighted by atomic mass is 16.4. The summed E-state index contributed by atoms with van der Waals surface area (Å²) in [5.41, 5.74) is 6.25. The number of carboxylic acid groups (broad SMARTS) is 1. The highest BCUT2D eigenvalue weighted by Gasteiger charge is 1.72. The zero-order valence-corrected chi connectivity index (χ0v) is 9.00. The van der Waals surface area contributed by atoms with E-state index in [9.17, 15) is 4.79 Å². The lowest BCUT2D eigenvalue weighted by molar-refractivity contribution is -0.134. The maximum absolute atomic E-state index is 9.70. The number of carbonyl (C=O) groups is 2. The summed E-state index contributed by atoms with van der Waals surface area (Å²) in [4.78, 5) is 18.7. The van der Waals surface area contributed by atoms with Crippen LogP contribution in [-0.2, 0) is 9.59 Å². The summed E-state index contributed by atoms with van der Waals surface area (Å²) in [5, 5.41) is 9.81. The molecule has 96 valence electrons. The topological polar surface area (TPSA) is 156 Å². The summed E-state index contributed by atoms with van der Waals surface area (Å²) in [7, 11) is 3.10. The molecule has 0 bridgehead atoms. The summed E-state index contributed by atoms with van der Waals surface area (Å²) >= 11 is 0. The van der Waals surface area contributed by atoms with E-state index in [4.69, 9.17) is 9.90 Å². The SMILES string of the molecule is C.CC(=O)O.CN.CNC(C)=O.NNN. The molecule has 0 aromatic rings. The van der Waals surface area contributed by atoms with E-state index in [2.05, 4.69) is 22.7 Å². The monoisotopic (exact) mass is 227 g/mol. The van der Waals surface area contributed by atoms with E-state index < -0.39 is 5.97 Å². The number of carbonyl (C=O) groups excluding carboxylic acids is 1. The van der Waals surface area contributed by atoms with Crippen molar-refractivity contribution < 1.29 is 14.7 Å². The van der Waals surface area contributed by atoms with Crippen LogP contribution in [-0.4, -0.2) is 31.1 Å². The van der Waals surface area contributed by atoms with Gasteiger partial charge in [-0.15, -0.1) is 0 Å². The quantitative estimate of drug-likeness (QED) is 0.214. The van der Waals surface area contributed by atoms with Gasteiger partial charge in [0.15, 0.2) is 0 Å². The van der Waals surface area contributed by atoms with Crippen molar-refractivity contribution in [1.82, 2.24) is 10.9 Å². The molecule has 0 aliphatic carbocycles. The fourth-order valence-electron chi connectivity index (χ4n) is 0. The molecule has 0 heterocycles. The van der Waals surface area contributed by atoms with Crippen molar-refractivity contribution in [2.75, 3.05) is 14.1 Å². The van der Waals surface area contributed by atoms with Crippen molar-refractivity contribution in [2.45, 2.75) is 21.3 Å². The predicted molar refractivity (Wildman–Crippen MR) is 61.4 cm³/mol. The van der Waals surface area contributed by atoms with Gasteiger partial charge in [0.2, 0.25) is 5.91 Å². The first-order chi connectivity index (χ1) is 6.42. The number of amides is 1. The molecule has 0 saturated heterocycles. The lowest BCUT2D eigenvalue weighted by atomic mass is 10.7. The largest absolute Gasteiger partial charge is 0.481 e. The molecule has 0 unspecified atom stereocenters. The van der Waals surface area contributed by atoms with Gasteiger partial charge in [-0.05, 0) is 7.05 Å². The number of nitrogens with two attached hydrogens (primary N) is 3. The van der Waals surface area contributed by atoms with Gasteiger partial charge in [-0.1, -0.05) is 7.43 Å². The second-order valence-electron chi connectivity index (χ2n) is 1.49. The molecule has 0 aliphatic rings. The summed E-state index contributed by atoms with van der Waals surface area (Å²) in [6.07, 6.45) is 0. The molecule has 8 nitrogen and oxygen atoms in total. The van der Waals surface area contributed by atoms with Crippen molar-refractivity contribution in [2.24, 2.45) is 17.4 Å². The number of hydrogen-bond donors (Lipinski definition) is 6. The lowest BCUT2D eigenvalue weighted by Gasteiger charge is -1.80. The van der Waals surface area contributed by atoms with Crippen LogP contribution in [0.4, 0.5) is 0 Å². The Morgan fingerprint density at radius 2 is 1.20 bits per heavy atom. The molecule has 0 atom stereocenters. The average molecular weight is 227 g/mol. The second kappa shape index (κ2) is 38.6. The molecule has 0 radical (unpaired) electrons. The van der Waals surface area contributed by atoms with Crippen LogP contribution in [0.3, 0.4) is 0 Å². The van der Waals surface area contributed by atoms with Crippen LogP contribution >= 0.6 is 0 Å². The van der Waals surface area contributed by atoms with Crippen LogP contribution in [0.15, 0.2) is 0 Å². The first-order valence-corrected chi connectivity index (χ1v) is 3.54. The van der Waals surface area contributed by atoms with E-state index in [1.807, 2.05) is 0 Å². The van der Waals surface area contributed by atoms with Gasteiger partial charge in [0.25, 0.3) is 5.97 Å². The van der Waals surface area contributed by atoms with Crippen molar-refractivity contribution in [3.63, 3.8) is 0 Å². The van der Waals surface area contributed by atoms with E-state index in [1.165, 1.54) is 14.0 Å². The zero-order chi connectivity index (χ0) is 12.6. The number of aliphatic carboxylic acids is 1. The van der Waals surface area contributed by atoms with Crippen LogP contribution in [0.5, 0.6) is 0 Å². The third kappa shape index (κ3) is 2440. The van der Waals surface area contributed by atoms with E-state index in [0.29, 0.717) is 0 Å². The Balaban J connectivity index is -0.0000000305. The van der Waals surface area contributed by atoms with Crippen LogP contribution < -0.4 is 28.3 Å². The molecule has 8 heteroatoms. The van der Waals surface area contributed by atoms with Gasteiger partial charge in [0.05, 0.1) is 0 Å². The Kier molecular flexibility index (Phi) is 75.1. The molecule has 9 N–H and O–H groups in total. The molecule has 0 rings (SSSR count). The van der Waals surface area contributed by atoms with Crippen LogP contribution in [0.1, 0.15) is 21.3 Å². The maximum Gasteiger partial charge on any atom is 0.300 e. The van der Waals surface area contributed by atoms with Crippen LogP contribution in [0.25, 0.3) is 0 Å². The Morgan fingerprint density at radius 1 is 1.13 bits per heavy atom. The zero-order valence-electron chi connectivity index (χ0n) is 9.00. The highest BCUT2D eigenvalue weighted by Crippen LogP contribution is 1.45. The van der Waals surface area contributed by atoms with Crippen molar-refractivity contribution in [3.05, 3.63) is 0 Å². The number of hydrazine groups is 2. The van der Waals surface area contributed by atoms with Gasteiger partial charge in [-0.3, -0.25) is 21.3 Å². The fraction of sp³-hybridized carbons (Fsp3) is 0.714. The summed E-state index contributed by atoms with van der Waals surface area (Å²) in [5.74, 6) is 7.92. The molecule has 0 spiro atoms. The van der Waals surface area contributed by atoms with Gasteiger partial charge in [-0.25, -0.2) is 0 Å². The maximum atomic E-state index is 9.70. The number of carboxylic acids is 1. The first kappa shape index (κ1) is 29.2. The summed E-state index contributed by atoms with van der Waals surface area (Å²) < 4.78 is 0. The minimum absolute atomic E-state index is 0. The minimum Gasteiger partial charge on any atom is -0.481 e. The van der Waals surface area contributed by atoms with Gasteiger partial charge < -0.3 is 16.2 Å². The summed E-state index contributed by atoms with van der Waals surface area (Å²) in [6, 6.07) is 0. The van der Waals surface area contributed by atoms with Gasteiger partial charge in [-0.2, -0.15) is 5.53 Å². The number of hydrogen-bond acceptors (Lipinski definition) is 6. The average Bonchev–Trinajstić information content (AvgIpc) is 2.08. The van der Waals surface area contributed by atoms with Gasteiger partial charge in [0.1, 0.15) is 0 Å². The van der Waals surface area contributed by atoms with Gasteiger partial charge >= 0.3 is 0 Å². The third-order valence-corrected chi connectivity index (χ3v) is 0.352. The smallest absolute Gasteiger partial charge is 0.300 e. The Hall–Kier alpha value is -1.22. The molecule has 0 saturated carbocycles. The second-order valence-corrected chi connectivity index (χ2v) is 1.49. The van der Waals surface area contributed by atoms with E-state index in [0.717, 1.165) is 6.92 Å². The van der Waals surface area contributed by atoms with Crippen molar-refractivity contribution >= 4 is 11.9 Å². The van der Waals surface area contributed by atoms with Gasteiger partial charge in [0, 0.05) is 20.9 Å². The third-order valence-electron chi connectivity index (χ3n) is 0.352. The molecule has 15 heavy (non-hydrogen) atoms. The number of nitrogens with one attached hydrogen (secondary N) is 2. The molecule has 0 fully saturated rings. The Labute approximate surface area is 91.1 Å². The van der Waals surface area contributed by atoms with Crippen molar-refractivity contribution in [3.8, 4) is 0 Å². The van der Waals surface area contributed by atoms with E-state index >= 15 is 0 Å². The van der Waals surface area contributed by atoms with Crippen molar-refractivity contribution in [1.29, 1.82) is 0 Å².